The molecule has 1 heterocycles. The topological polar surface area (TPSA) is 52.0 Å². The quantitative estimate of drug-likeness (QED) is 0.770. The van der Waals surface area contributed by atoms with Gasteiger partial charge in [0, 0.05) is 19.3 Å². The first kappa shape index (κ1) is 11.6. The van der Waals surface area contributed by atoms with E-state index in [-0.39, 0.29) is 6.04 Å². The maximum atomic E-state index is 8.98. The number of nitrogens with zero attached hydrogens (tertiary/aromatic N) is 3. The van der Waals surface area contributed by atoms with E-state index in [1.54, 1.807) is 6.20 Å². The lowest BCUT2D eigenvalue weighted by atomic mass is 10.2. The van der Waals surface area contributed by atoms with Crippen molar-refractivity contribution in [2.24, 2.45) is 0 Å². The standard InChI is InChI=1S/C11H16N4/c1-15(2)8-7-14-11(9-12)10-5-3-4-6-13-10/h3-6,11,14H,7-8H2,1-2H3. The SMILES string of the molecule is CN(C)CCNC(C#N)c1ccccn1. The average Bonchev–Trinajstić information content (AvgIpc) is 2.25. The molecule has 0 aliphatic carbocycles. The van der Waals surface area contributed by atoms with Crippen molar-refractivity contribution in [3.63, 3.8) is 0 Å². The number of pyridine rings is 1. The molecular formula is C11H16N4. The molecule has 80 valence electrons. The highest BCUT2D eigenvalue weighted by atomic mass is 15.1. The summed E-state index contributed by atoms with van der Waals surface area (Å²) in [5, 5.41) is 12.1. The van der Waals surface area contributed by atoms with Crippen molar-refractivity contribution in [3.8, 4) is 6.07 Å². The molecule has 4 heteroatoms. The third-order valence-corrected chi connectivity index (χ3v) is 2.02. The number of aromatic nitrogens is 1. The Balaban J connectivity index is 2.48. The molecule has 0 aromatic carbocycles. The van der Waals surface area contributed by atoms with Crippen LogP contribution in [0, 0.1) is 11.3 Å². The Bertz CT molecular complexity index is 315. The first-order valence-corrected chi connectivity index (χ1v) is 4.92. The van der Waals surface area contributed by atoms with Gasteiger partial charge in [-0.25, -0.2) is 0 Å². The third-order valence-electron chi connectivity index (χ3n) is 2.02. The zero-order valence-corrected chi connectivity index (χ0v) is 9.14. The molecule has 1 unspecified atom stereocenters. The van der Waals surface area contributed by atoms with Crippen molar-refractivity contribution >= 4 is 0 Å². The summed E-state index contributed by atoms with van der Waals surface area (Å²) in [5.41, 5.74) is 0.777. The van der Waals surface area contributed by atoms with E-state index in [9.17, 15) is 0 Å². The van der Waals surface area contributed by atoms with E-state index in [0.29, 0.717) is 0 Å². The van der Waals surface area contributed by atoms with Gasteiger partial charge in [-0.05, 0) is 26.2 Å². The molecule has 0 bridgehead atoms. The van der Waals surface area contributed by atoms with Gasteiger partial charge < -0.3 is 4.90 Å². The van der Waals surface area contributed by atoms with E-state index < -0.39 is 0 Å². The van der Waals surface area contributed by atoms with Crippen LogP contribution < -0.4 is 5.32 Å². The molecule has 0 amide bonds. The van der Waals surface area contributed by atoms with E-state index in [1.807, 2.05) is 32.3 Å². The Morgan fingerprint density at radius 2 is 2.33 bits per heavy atom. The van der Waals surface area contributed by atoms with Crippen LogP contribution in [0.4, 0.5) is 0 Å². The highest BCUT2D eigenvalue weighted by Gasteiger charge is 2.09. The molecule has 1 atom stereocenters. The van der Waals surface area contributed by atoms with Gasteiger partial charge >= 0.3 is 0 Å². The van der Waals surface area contributed by atoms with Crippen LogP contribution in [0.1, 0.15) is 11.7 Å². The maximum absolute atomic E-state index is 8.98. The Morgan fingerprint density at radius 1 is 1.53 bits per heavy atom. The number of hydrogen-bond acceptors (Lipinski definition) is 4. The van der Waals surface area contributed by atoms with Crippen LogP contribution in [0.3, 0.4) is 0 Å². The van der Waals surface area contributed by atoms with E-state index >= 15 is 0 Å². The molecule has 0 saturated carbocycles. The largest absolute Gasteiger partial charge is 0.308 e. The molecule has 0 saturated heterocycles. The van der Waals surface area contributed by atoms with Crippen LogP contribution in [0.25, 0.3) is 0 Å². The fourth-order valence-electron chi connectivity index (χ4n) is 1.20. The van der Waals surface area contributed by atoms with Gasteiger partial charge in [0.25, 0.3) is 0 Å². The smallest absolute Gasteiger partial charge is 0.138 e. The second-order valence-corrected chi connectivity index (χ2v) is 3.57. The summed E-state index contributed by atoms with van der Waals surface area (Å²) in [4.78, 5) is 6.22. The van der Waals surface area contributed by atoms with Crippen LogP contribution in [-0.2, 0) is 0 Å². The molecule has 4 nitrogen and oxygen atoms in total. The van der Waals surface area contributed by atoms with Crippen LogP contribution in [0.2, 0.25) is 0 Å². The fourth-order valence-corrected chi connectivity index (χ4v) is 1.20. The minimum Gasteiger partial charge on any atom is -0.308 e. The van der Waals surface area contributed by atoms with Crippen molar-refractivity contribution in [2.75, 3.05) is 27.2 Å². The van der Waals surface area contributed by atoms with Gasteiger partial charge in [0.2, 0.25) is 0 Å². The molecule has 0 aliphatic rings. The lowest BCUT2D eigenvalue weighted by molar-refractivity contribution is 0.394. The van der Waals surface area contributed by atoms with Crippen molar-refractivity contribution in [2.45, 2.75) is 6.04 Å². The van der Waals surface area contributed by atoms with Crippen LogP contribution in [0.5, 0.6) is 0 Å². The highest BCUT2D eigenvalue weighted by molar-refractivity contribution is 5.15. The van der Waals surface area contributed by atoms with E-state index in [2.05, 4.69) is 21.3 Å². The molecule has 0 fully saturated rings. The Kier molecular flexibility index (Phi) is 4.75. The molecule has 0 spiro atoms. The van der Waals surface area contributed by atoms with Crippen LogP contribution in [0.15, 0.2) is 24.4 Å². The van der Waals surface area contributed by atoms with Crippen molar-refractivity contribution in [1.82, 2.24) is 15.2 Å². The Morgan fingerprint density at radius 3 is 2.87 bits per heavy atom. The van der Waals surface area contributed by atoms with Gasteiger partial charge in [-0.3, -0.25) is 10.3 Å². The molecule has 1 rings (SSSR count). The number of hydrogen-bond donors (Lipinski definition) is 1. The summed E-state index contributed by atoms with van der Waals surface area (Å²) < 4.78 is 0. The minimum atomic E-state index is -0.314. The molecular weight excluding hydrogens is 188 g/mol. The molecule has 15 heavy (non-hydrogen) atoms. The molecule has 0 aliphatic heterocycles. The summed E-state index contributed by atoms with van der Waals surface area (Å²) in [6.45, 7) is 1.69. The summed E-state index contributed by atoms with van der Waals surface area (Å²) in [6, 6.07) is 7.48. The average molecular weight is 204 g/mol. The second-order valence-electron chi connectivity index (χ2n) is 3.57. The summed E-state index contributed by atoms with van der Waals surface area (Å²) in [6.07, 6.45) is 1.70. The van der Waals surface area contributed by atoms with E-state index in [1.165, 1.54) is 0 Å². The van der Waals surface area contributed by atoms with Crippen molar-refractivity contribution in [3.05, 3.63) is 30.1 Å². The molecule has 0 radical (unpaired) electrons. The Labute approximate surface area is 90.5 Å². The summed E-state index contributed by atoms with van der Waals surface area (Å²) in [7, 11) is 4.01. The van der Waals surface area contributed by atoms with Gasteiger partial charge in [0.05, 0.1) is 11.8 Å². The van der Waals surface area contributed by atoms with Gasteiger partial charge in [-0.2, -0.15) is 5.26 Å². The van der Waals surface area contributed by atoms with Crippen LogP contribution >= 0.6 is 0 Å². The monoisotopic (exact) mass is 204 g/mol. The number of nitriles is 1. The zero-order chi connectivity index (χ0) is 11.1. The second kappa shape index (κ2) is 6.12. The van der Waals surface area contributed by atoms with Gasteiger partial charge in [0.15, 0.2) is 0 Å². The first-order chi connectivity index (χ1) is 7.24. The first-order valence-electron chi connectivity index (χ1n) is 4.92. The molecule has 1 aromatic rings. The maximum Gasteiger partial charge on any atom is 0.138 e. The van der Waals surface area contributed by atoms with Crippen molar-refractivity contribution in [1.29, 1.82) is 5.26 Å². The zero-order valence-electron chi connectivity index (χ0n) is 9.14. The predicted molar refractivity (Wildman–Crippen MR) is 59.1 cm³/mol. The van der Waals surface area contributed by atoms with Crippen LogP contribution in [-0.4, -0.2) is 37.1 Å². The normalized spacial score (nSPS) is 12.4. The lowest BCUT2D eigenvalue weighted by Crippen LogP contribution is -2.29. The lowest BCUT2D eigenvalue weighted by Gasteiger charge is -2.13. The van der Waals surface area contributed by atoms with Gasteiger partial charge in [-0.15, -0.1) is 0 Å². The fraction of sp³-hybridized carbons (Fsp3) is 0.455. The van der Waals surface area contributed by atoms with E-state index in [4.69, 9.17) is 5.26 Å². The number of nitrogens with one attached hydrogen (secondary N) is 1. The Hall–Kier alpha value is -1.44. The number of likely N-dealkylation sites (N-methyl/N-ethyl adjacent to an activating group) is 1. The minimum absolute atomic E-state index is 0.314. The molecule has 1 N–H and O–H groups in total. The summed E-state index contributed by atoms with van der Waals surface area (Å²) >= 11 is 0. The predicted octanol–water partition coefficient (Wildman–Crippen LogP) is 0.797. The highest BCUT2D eigenvalue weighted by Crippen LogP contribution is 2.06. The molecule has 1 aromatic heterocycles. The van der Waals surface area contributed by atoms with Gasteiger partial charge in [0.1, 0.15) is 6.04 Å². The van der Waals surface area contributed by atoms with Crippen molar-refractivity contribution < 1.29 is 0 Å². The summed E-state index contributed by atoms with van der Waals surface area (Å²) in [5.74, 6) is 0. The number of rotatable bonds is 5. The third kappa shape index (κ3) is 4.07. The van der Waals surface area contributed by atoms with E-state index in [0.717, 1.165) is 18.8 Å². The van der Waals surface area contributed by atoms with Gasteiger partial charge in [-0.1, -0.05) is 6.07 Å².